The second kappa shape index (κ2) is 13.9. The van der Waals surface area contributed by atoms with E-state index in [1.165, 1.54) is 5.56 Å². The van der Waals surface area contributed by atoms with Crippen molar-refractivity contribution in [2.75, 3.05) is 74.6 Å². The summed E-state index contributed by atoms with van der Waals surface area (Å²) in [5.41, 5.74) is 11.3. The molecule has 2 aromatic heterocycles. The Kier molecular flexibility index (Phi) is 8.64. The van der Waals surface area contributed by atoms with Crippen molar-refractivity contribution in [3.05, 3.63) is 59.0 Å². The van der Waals surface area contributed by atoms with Gasteiger partial charge in [0.05, 0.1) is 29.9 Å². The first-order valence-corrected chi connectivity index (χ1v) is 19.9. The molecule has 0 bridgehead atoms. The summed E-state index contributed by atoms with van der Waals surface area (Å²) in [6.07, 6.45) is 5.89. The molecule has 4 atom stereocenters. The fourth-order valence-electron chi connectivity index (χ4n) is 9.72. The van der Waals surface area contributed by atoms with Crippen LogP contribution >= 0.6 is 0 Å². The van der Waals surface area contributed by atoms with Crippen molar-refractivity contribution in [1.82, 2.24) is 35.1 Å². The molecule has 10 rings (SSSR count). The SMILES string of the molecule is CN1CCN([C@@H]2CCCN(c3cnc(C(N)=O)c(Nc4ccc5c(c4)OC[C@H]4CN([C@H]6Cc7ccc8c(C9CCC(=O)NC9=O)noc8c7C6)CCN54)n3)C2)C1=O. The van der Waals surface area contributed by atoms with Crippen LogP contribution in [-0.4, -0.2) is 131 Å². The minimum atomic E-state index is -0.679. The van der Waals surface area contributed by atoms with Gasteiger partial charge in [0.15, 0.2) is 17.1 Å². The van der Waals surface area contributed by atoms with Crippen LogP contribution in [0.3, 0.4) is 0 Å². The average Bonchev–Trinajstić information content (AvgIpc) is 3.94. The van der Waals surface area contributed by atoms with E-state index >= 15 is 0 Å². The van der Waals surface area contributed by atoms with Crippen molar-refractivity contribution in [3.8, 4) is 5.75 Å². The number of carbonyl (C=O) groups is 4. The van der Waals surface area contributed by atoms with Gasteiger partial charge < -0.3 is 39.9 Å². The van der Waals surface area contributed by atoms with Gasteiger partial charge in [-0.2, -0.15) is 0 Å². The number of ether oxygens (including phenoxy) is 1. The zero-order valence-electron chi connectivity index (χ0n) is 31.8. The Morgan fingerprint density at radius 3 is 2.67 bits per heavy atom. The number of fused-ring (bicyclic) bond motifs is 6. The van der Waals surface area contributed by atoms with Crippen molar-refractivity contribution in [2.24, 2.45) is 5.73 Å². The molecule has 0 radical (unpaired) electrons. The molecule has 5 amide bonds. The Labute approximate surface area is 328 Å². The van der Waals surface area contributed by atoms with Gasteiger partial charge >= 0.3 is 6.03 Å². The lowest BCUT2D eigenvalue weighted by Crippen LogP contribution is -2.59. The number of nitrogens with zero attached hydrogens (tertiary/aromatic N) is 8. The summed E-state index contributed by atoms with van der Waals surface area (Å²) in [5.74, 6) is -0.0858. The highest BCUT2D eigenvalue weighted by molar-refractivity contribution is 6.02. The molecular weight excluding hydrogens is 731 g/mol. The van der Waals surface area contributed by atoms with E-state index in [1.54, 1.807) is 11.1 Å². The van der Waals surface area contributed by atoms with Gasteiger partial charge in [-0.15, -0.1) is 0 Å². The molecule has 6 aliphatic rings. The zero-order valence-corrected chi connectivity index (χ0v) is 31.8. The highest BCUT2D eigenvalue weighted by Gasteiger charge is 2.40. The van der Waals surface area contributed by atoms with Crippen LogP contribution in [0.15, 0.2) is 41.1 Å². The maximum absolute atomic E-state index is 12.7. The van der Waals surface area contributed by atoms with Gasteiger partial charge in [0.1, 0.15) is 23.9 Å². The molecule has 296 valence electrons. The van der Waals surface area contributed by atoms with E-state index in [2.05, 4.69) is 41.5 Å². The van der Waals surface area contributed by atoms with E-state index in [0.29, 0.717) is 55.8 Å². The van der Waals surface area contributed by atoms with Crippen LogP contribution in [-0.2, 0) is 22.4 Å². The lowest BCUT2D eigenvalue weighted by atomic mass is 9.92. The van der Waals surface area contributed by atoms with Crippen LogP contribution in [0.25, 0.3) is 11.0 Å². The highest BCUT2D eigenvalue weighted by Crippen LogP contribution is 2.41. The average molecular weight is 776 g/mol. The predicted octanol–water partition coefficient (Wildman–Crippen LogP) is 2.37. The molecule has 4 aromatic rings. The Balaban J connectivity index is 0.811. The molecule has 1 unspecified atom stereocenters. The zero-order chi connectivity index (χ0) is 38.9. The van der Waals surface area contributed by atoms with Crippen LogP contribution in [0.2, 0.25) is 0 Å². The Bertz CT molecular complexity index is 2310. The highest BCUT2D eigenvalue weighted by atomic mass is 16.5. The van der Waals surface area contributed by atoms with E-state index < -0.39 is 11.8 Å². The molecule has 7 heterocycles. The minimum absolute atomic E-state index is 0.0475. The maximum atomic E-state index is 12.7. The third kappa shape index (κ3) is 6.24. The van der Waals surface area contributed by atoms with Crippen molar-refractivity contribution in [3.63, 3.8) is 0 Å². The lowest BCUT2D eigenvalue weighted by molar-refractivity contribution is -0.134. The largest absolute Gasteiger partial charge is 0.489 e. The predicted molar refractivity (Wildman–Crippen MR) is 209 cm³/mol. The molecule has 4 fully saturated rings. The van der Waals surface area contributed by atoms with Gasteiger partial charge in [0, 0.05) is 88.0 Å². The fraction of sp³-hybridized carbons (Fsp3) is 0.475. The van der Waals surface area contributed by atoms with Crippen LogP contribution in [0.1, 0.15) is 58.9 Å². The summed E-state index contributed by atoms with van der Waals surface area (Å²) in [5, 5.41) is 10.9. The number of imide groups is 1. The number of piperidine rings is 2. The number of piperazine rings is 1. The molecule has 4 N–H and O–H groups in total. The number of nitrogens with one attached hydrogen (secondary N) is 2. The van der Waals surface area contributed by atoms with Crippen molar-refractivity contribution >= 4 is 57.7 Å². The normalized spacial score (nSPS) is 25.0. The number of amides is 5. The molecule has 5 aliphatic heterocycles. The smallest absolute Gasteiger partial charge is 0.320 e. The summed E-state index contributed by atoms with van der Waals surface area (Å²) >= 11 is 0. The van der Waals surface area contributed by atoms with E-state index in [0.717, 1.165) is 86.4 Å². The third-order valence-electron chi connectivity index (χ3n) is 12.7. The van der Waals surface area contributed by atoms with Gasteiger partial charge in [-0.1, -0.05) is 11.2 Å². The van der Waals surface area contributed by atoms with Crippen molar-refractivity contribution in [2.45, 2.75) is 62.6 Å². The summed E-state index contributed by atoms with van der Waals surface area (Å²) in [6.45, 7) is 5.95. The number of primary amides is 1. The first-order valence-electron chi connectivity index (χ1n) is 19.9. The number of benzene rings is 2. The molecule has 0 spiro atoms. The van der Waals surface area contributed by atoms with E-state index in [-0.39, 0.29) is 41.4 Å². The topological polar surface area (TPSA) is 196 Å². The number of hydrogen-bond donors (Lipinski definition) is 3. The van der Waals surface area contributed by atoms with Gasteiger partial charge in [0.2, 0.25) is 11.8 Å². The summed E-state index contributed by atoms with van der Waals surface area (Å²) in [4.78, 5) is 69.6. The first kappa shape index (κ1) is 35.4. The Morgan fingerprint density at radius 2 is 1.84 bits per heavy atom. The number of carbonyl (C=O) groups excluding carboxylic acids is 4. The first-order chi connectivity index (χ1) is 27.7. The van der Waals surface area contributed by atoms with Gasteiger partial charge in [-0.3, -0.25) is 24.6 Å². The molecule has 57 heavy (non-hydrogen) atoms. The van der Waals surface area contributed by atoms with Gasteiger partial charge in [0.25, 0.3) is 5.91 Å². The number of urea groups is 1. The number of aromatic nitrogens is 3. The minimum Gasteiger partial charge on any atom is -0.489 e. The molecule has 2 aromatic carbocycles. The fourth-order valence-corrected chi connectivity index (χ4v) is 9.72. The number of hydrogen-bond acceptors (Lipinski definition) is 13. The van der Waals surface area contributed by atoms with Crippen molar-refractivity contribution < 1.29 is 28.4 Å². The number of nitrogens with two attached hydrogens (primary N) is 1. The summed E-state index contributed by atoms with van der Waals surface area (Å²) in [7, 11) is 1.83. The van der Waals surface area contributed by atoms with E-state index in [4.69, 9.17) is 20.0 Å². The second-order valence-electron chi connectivity index (χ2n) is 16.1. The molecule has 4 saturated heterocycles. The quantitative estimate of drug-likeness (QED) is 0.232. The molecule has 1 aliphatic carbocycles. The van der Waals surface area contributed by atoms with Crippen molar-refractivity contribution in [1.29, 1.82) is 0 Å². The molecule has 0 saturated carbocycles. The molecule has 17 nitrogen and oxygen atoms in total. The van der Waals surface area contributed by atoms with E-state index in [1.807, 2.05) is 36.2 Å². The number of anilines is 4. The van der Waals surface area contributed by atoms with Crippen LogP contribution < -0.4 is 30.9 Å². The number of likely N-dealkylation sites (N-methyl/N-ethyl adjacent to an activating group) is 1. The molecular formula is C40H45N11O6. The van der Waals surface area contributed by atoms with Crippen LogP contribution in [0, 0.1) is 0 Å². The standard InChI is InChI=1S/C40H45N11O6/c1-47-11-13-51(40(47)55)24-3-2-10-49(19-24)32-18-42-35(37(41)53)38(44-32)43-23-5-8-30-31(16-23)56-21-26-20-48(12-14-50(26)30)25-15-22-4-6-27-34(46-57-36(27)29(22)17-25)28-7-9-33(52)45-39(28)54/h4-6,8,16,18,24-26,28H,2-3,7,9-15,17,19-21H2,1H3,(H2,41,53)(H,43,44)(H,45,52,54)/t24-,25+,26-,28?/m1/s1. The third-order valence-corrected chi connectivity index (χ3v) is 12.7. The molecule has 17 heteroatoms. The summed E-state index contributed by atoms with van der Waals surface area (Å²) < 4.78 is 12.3. The monoisotopic (exact) mass is 775 g/mol. The summed E-state index contributed by atoms with van der Waals surface area (Å²) in [6, 6.07) is 10.7. The Morgan fingerprint density at radius 1 is 0.965 bits per heavy atom. The maximum Gasteiger partial charge on any atom is 0.320 e. The lowest BCUT2D eigenvalue weighted by Gasteiger charge is -2.47. The second-order valence-corrected chi connectivity index (χ2v) is 16.1. The number of rotatable bonds is 7. The van der Waals surface area contributed by atoms with E-state index in [9.17, 15) is 19.2 Å². The van der Waals surface area contributed by atoms with Gasteiger partial charge in [-0.05, 0) is 55.9 Å². The van der Waals surface area contributed by atoms with Gasteiger partial charge in [-0.25, -0.2) is 14.8 Å². The Hall–Kier alpha value is -5.97. The van der Waals surface area contributed by atoms with Crippen LogP contribution in [0.4, 0.5) is 27.8 Å². The van der Waals surface area contributed by atoms with Crippen LogP contribution in [0.5, 0.6) is 5.75 Å².